The molecule has 2 aromatic rings. The molecule has 29 heavy (non-hydrogen) atoms. The Labute approximate surface area is 181 Å². The largest absolute Gasteiger partial charge is 0.354 e. The van der Waals surface area contributed by atoms with Gasteiger partial charge in [-0.05, 0) is 42.7 Å². The fourth-order valence-electron chi connectivity index (χ4n) is 2.86. The molecule has 0 saturated heterocycles. The summed E-state index contributed by atoms with van der Waals surface area (Å²) in [5.74, 6) is -1.07. The van der Waals surface area contributed by atoms with E-state index in [2.05, 4.69) is 5.32 Å². The van der Waals surface area contributed by atoms with E-state index in [1.807, 2.05) is 6.92 Å². The van der Waals surface area contributed by atoms with Crippen molar-refractivity contribution in [1.29, 1.82) is 0 Å². The highest BCUT2D eigenvalue weighted by Gasteiger charge is 2.27. The van der Waals surface area contributed by atoms with Crippen LogP contribution in [-0.2, 0) is 22.6 Å². The minimum Gasteiger partial charge on any atom is -0.354 e. The van der Waals surface area contributed by atoms with Crippen LogP contribution in [0.5, 0.6) is 0 Å². The molecule has 0 spiro atoms. The summed E-state index contributed by atoms with van der Waals surface area (Å²) < 4.78 is 14.0. The Morgan fingerprint density at radius 2 is 1.86 bits per heavy atom. The molecule has 2 amide bonds. The first-order valence-electron chi connectivity index (χ1n) is 9.58. The molecule has 4 nitrogen and oxygen atoms in total. The van der Waals surface area contributed by atoms with E-state index in [0.29, 0.717) is 22.2 Å². The van der Waals surface area contributed by atoms with Crippen LogP contribution in [0.25, 0.3) is 0 Å². The number of carbonyl (C=O) groups is 2. The lowest BCUT2D eigenvalue weighted by atomic mass is 10.1. The number of halogens is 3. The summed E-state index contributed by atoms with van der Waals surface area (Å²) in [5.41, 5.74) is 0.939. The van der Waals surface area contributed by atoms with Crippen molar-refractivity contribution >= 4 is 35.0 Å². The van der Waals surface area contributed by atoms with Crippen LogP contribution in [0.1, 0.15) is 37.8 Å². The van der Waals surface area contributed by atoms with Gasteiger partial charge in [0.05, 0.1) is 6.42 Å². The zero-order chi connectivity index (χ0) is 21.4. The molecule has 0 fully saturated rings. The number of nitrogens with one attached hydrogen (secondary N) is 1. The molecule has 0 aliphatic carbocycles. The Kier molecular flexibility index (Phi) is 8.93. The maximum atomic E-state index is 14.0. The summed E-state index contributed by atoms with van der Waals surface area (Å²) in [4.78, 5) is 27.0. The van der Waals surface area contributed by atoms with Gasteiger partial charge in [-0.3, -0.25) is 9.59 Å². The van der Waals surface area contributed by atoms with Crippen molar-refractivity contribution in [2.24, 2.45) is 0 Å². The maximum absolute atomic E-state index is 14.0. The van der Waals surface area contributed by atoms with Gasteiger partial charge < -0.3 is 10.2 Å². The normalized spacial score (nSPS) is 11.8. The van der Waals surface area contributed by atoms with Crippen LogP contribution in [-0.4, -0.2) is 29.3 Å². The van der Waals surface area contributed by atoms with Crippen molar-refractivity contribution in [3.8, 4) is 0 Å². The SMILES string of the molecule is CCCCNC(=O)C(C)N(Cc1ccc(Cl)cc1Cl)C(=O)Cc1ccccc1F. The van der Waals surface area contributed by atoms with Gasteiger partial charge in [0.1, 0.15) is 11.9 Å². The predicted octanol–water partition coefficient (Wildman–Crippen LogP) is 5.01. The van der Waals surface area contributed by atoms with Gasteiger partial charge in [-0.15, -0.1) is 0 Å². The number of benzene rings is 2. The molecule has 1 N–H and O–H groups in total. The molecular weight excluding hydrogens is 414 g/mol. The predicted molar refractivity (Wildman–Crippen MR) is 114 cm³/mol. The van der Waals surface area contributed by atoms with Gasteiger partial charge in [-0.2, -0.15) is 0 Å². The monoisotopic (exact) mass is 438 g/mol. The van der Waals surface area contributed by atoms with Crippen LogP contribution in [0, 0.1) is 5.82 Å². The smallest absolute Gasteiger partial charge is 0.242 e. The molecule has 1 atom stereocenters. The first kappa shape index (κ1) is 23.2. The molecule has 0 aromatic heterocycles. The molecule has 156 valence electrons. The quantitative estimate of drug-likeness (QED) is 0.559. The zero-order valence-corrected chi connectivity index (χ0v) is 18.1. The average Bonchev–Trinajstić information content (AvgIpc) is 2.68. The number of hydrogen-bond acceptors (Lipinski definition) is 2. The van der Waals surface area contributed by atoms with Crippen LogP contribution in [0.2, 0.25) is 10.0 Å². The maximum Gasteiger partial charge on any atom is 0.242 e. The number of rotatable bonds is 9. The second-order valence-corrected chi connectivity index (χ2v) is 7.69. The van der Waals surface area contributed by atoms with E-state index >= 15 is 0 Å². The van der Waals surface area contributed by atoms with E-state index in [0.717, 1.165) is 12.8 Å². The Hall–Kier alpha value is -2.11. The average molecular weight is 439 g/mol. The third kappa shape index (κ3) is 6.72. The number of amides is 2. The third-order valence-corrected chi connectivity index (χ3v) is 5.24. The van der Waals surface area contributed by atoms with Crippen LogP contribution in [0.3, 0.4) is 0 Å². The number of hydrogen-bond donors (Lipinski definition) is 1. The molecule has 0 heterocycles. The van der Waals surface area contributed by atoms with E-state index in [-0.39, 0.29) is 30.3 Å². The van der Waals surface area contributed by atoms with Crippen molar-refractivity contribution in [3.05, 3.63) is 69.5 Å². The highest BCUT2D eigenvalue weighted by molar-refractivity contribution is 6.35. The summed E-state index contributed by atoms with van der Waals surface area (Å²) in [6.45, 7) is 4.34. The Balaban J connectivity index is 2.24. The molecule has 0 saturated carbocycles. The van der Waals surface area contributed by atoms with E-state index in [1.54, 1.807) is 43.3 Å². The summed E-state index contributed by atoms with van der Waals surface area (Å²) in [6.07, 6.45) is 1.65. The van der Waals surface area contributed by atoms with Crippen LogP contribution >= 0.6 is 23.2 Å². The summed E-state index contributed by atoms with van der Waals surface area (Å²) >= 11 is 12.2. The van der Waals surface area contributed by atoms with Crippen molar-refractivity contribution in [3.63, 3.8) is 0 Å². The standard InChI is InChI=1S/C22H25Cl2FN2O2/c1-3-4-11-26-22(29)15(2)27(14-17-9-10-18(23)13-19(17)24)21(28)12-16-7-5-6-8-20(16)25/h5-10,13,15H,3-4,11-12,14H2,1-2H3,(H,26,29). The van der Waals surface area contributed by atoms with Crippen molar-refractivity contribution in [2.75, 3.05) is 6.54 Å². The lowest BCUT2D eigenvalue weighted by Crippen LogP contribution is -2.48. The van der Waals surface area contributed by atoms with E-state index in [4.69, 9.17) is 23.2 Å². The molecule has 0 radical (unpaired) electrons. The Morgan fingerprint density at radius 1 is 1.14 bits per heavy atom. The van der Waals surface area contributed by atoms with E-state index < -0.39 is 11.9 Å². The first-order valence-corrected chi connectivity index (χ1v) is 10.3. The number of carbonyl (C=O) groups excluding carboxylic acids is 2. The van der Waals surface area contributed by atoms with Gasteiger partial charge in [0.2, 0.25) is 11.8 Å². The molecule has 2 aromatic carbocycles. The van der Waals surface area contributed by atoms with Crippen LogP contribution in [0.4, 0.5) is 4.39 Å². The topological polar surface area (TPSA) is 49.4 Å². The van der Waals surface area contributed by atoms with Gasteiger partial charge in [0.25, 0.3) is 0 Å². The van der Waals surface area contributed by atoms with Gasteiger partial charge >= 0.3 is 0 Å². The summed E-state index contributed by atoms with van der Waals surface area (Å²) in [7, 11) is 0. The number of unbranched alkanes of at least 4 members (excludes halogenated alkanes) is 1. The van der Waals surface area contributed by atoms with E-state index in [1.165, 1.54) is 11.0 Å². The summed E-state index contributed by atoms with van der Waals surface area (Å²) in [6, 6.07) is 10.4. The molecule has 0 aliphatic rings. The molecular formula is C22H25Cl2FN2O2. The first-order chi connectivity index (χ1) is 13.8. The molecule has 0 bridgehead atoms. The number of nitrogens with zero attached hydrogens (tertiary/aromatic N) is 1. The molecule has 7 heteroatoms. The minimum atomic E-state index is -0.738. The second-order valence-electron chi connectivity index (χ2n) is 6.85. The van der Waals surface area contributed by atoms with Crippen molar-refractivity contribution in [2.45, 2.75) is 45.7 Å². The van der Waals surface area contributed by atoms with Crippen molar-refractivity contribution < 1.29 is 14.0 Å². The summed E-state index contributed by atoms with van der Waals surface area (Å²) in [5, 5.41) is 3.72. The Morgan fingerprint density at radius 3 is 2.52 bits per heavy atom. The lowest BCUT2D eigenvalue weighted by Gasteiger charge is -2.29. The molecule has 1 unspecified atom stereocenters. The molecule has 0 aliphatic heterocycles. The van der Waals surface area contributed by atoms with Crippen LogP contribution < -0.4 is 5.32 Å². The van der Waals surface area contributed by atoms with Gasteiger partial charge in [-0.1, -0.05) is 60.8 Å². The Bertz CT molecular complexity index is 860. The highest BCUT2D eigenvalue weighted by atomic mass is 35.5. The van der Waals surface area contributed by atoms with Gasteiger partial charge in [0, 0.05) is 23.1 Å². The molecule has 2 rings (SSSR count). The van der Waals surface area contributed by atoms with Gasteiger partial charge in [-0.25, -0.2) is 4.39 Å². The zero-order valence-electron chi connectivity index (χ0n) is 16.6. The van der Waals surface area contributed by atoms with Crippen molar-refractivity contribution in [1.82, 2.24) is 10.2 Å². The highest BCUT2D eigenvalue weighted by Crippen LogP contribution is 2.23. The lowest BCUT2D eigenvalue weighted by molar-refractivity contribution is -0.140. The fraction of sp³-hybridized carbons (Fsp3) is 0.364. The van der Waals surface area contributed by atoms with Gasteiger partial charge in [0.15, 0.2) is 0 Å². The van der Waals surface area contributed by atoms with Crippen LogP contribution in [0.15, 0.2) is 42.5 Å². The second kappa shape index (κ2) is 11.2. The third-order valence-electron chi connectivity index (χ3n) is 4.65. The van der Waals surface area contributed by atoms with E-state index in [9.17, 15) is 14.0 Å². The minimum absolute atomic E-state index is 0.117. The fourth-order valence-corrected chi connectivity index (χ4v) is 3.33.